The van der Waals surface area contributed by atoms with Gasteiger partial charge in [-0.25, -0.2) is 9.78 Å². The molecule has 0 aliphatic heterocycles. The van der Waals surface area contributed by atoms with Gasteiger partial charge >= 0.3 is 5.97 Å². The molecule has 1 heterocycles. The van der Waals surface area contributed by atoms with E-state index in [2.05, 4.69) is 17.1 Å². The van der Waals surface area contributed by atoms with Crippen LogP contribution in [0.15, 0.2) is 53.6 Å². The van der Waals surface area contributed by atoms with Crippen LogP contribution in [-0.2, 0) is 10.5 Å². The van der Waals surface area contributed by atoms with Crippen molar-refractivity contribution in [2.45, 2.75) is 10.6 Å². The molecule has 1 N–H and O–H groups in total. The molecule has 0 saturated carbocycles. The van der Waals surface area contributed by atoms with Crippen LogP contribution in [0.3, 0.4) is 0 Å². The lowest BCUT2D eigenvalue weighted by atomic mass is 10.2. The number of halogens is 1. The zero-order valence-electron chi connectivity index (χ0n) is 10.5. The van der Waals surface area contributed by atoms with Crippen molar-refractivity contribution in [2.24, 2.45) is 0 Å². The topological polar surface area (TPSA) is 50.2 Å². The average molecular weight is 306 g/mol. The summed E-state index contributed by atoms with van der Waals surface area (Å²) in [5.74, 6) is -0.185. The van der Waals surface area contributed by atoms with E-state index in [9.17, 15) is 4.79 Å². The molecule has 0 aliphatic rings. The number of rotatable bonds is 5. The molecule has 0 amide bonds. The first kappa shape index (κ1) is 14.6. The first-order chi connectivity index (χ1) is 9.65. The maximum atomic E-state index is 10.5. The molecule has 0 bridgehead atoms. The molecule has 3 nitrogen and oxygen atoms in total. The first-order valence-corrected chi connectivity index (χ1v) is 7.25. The Morgan fingerprint density at radius 3 is 2.80 bits per heavy atom. The normalized spacial score (nSPS) is 10.8. The highest BCUT2D eigenvalue weighted by molar-refractivity contribution is 7.98. The zero-order chi connectivity index (χ0) is 14.4. The average Bonchev–Trinajstić information content (AvgIpc) is 2.46. The Hall–Kier alpha value is -1.78. The fraction of sp³-hybridized carbons (Fsp3) is 0.0667. The van der Waals surface area contributed by atoms with E-state index in [1.165, 1.54) is 11.6 Å². The van der Waals surface area contributed by atoms with Crippen molar-refractivity contribution in [3.05, 3.63) is 65.0 Å². The molecule has 2 aromatic rings. The standard InChI is InChI=1S/C15H12ClNO2S/c16-15-12(6-7-14(18)19)8-13(9-17-15)20-10-11-4-2-1-3-5-11/h1-9H,10H2,(H,18,19). The van der Waals surface area contributed by atoms with Crippen LogP contribution in [-0.4, -0.2) is 16.1 Å². The molecule has 0 radical (unpaired) electrons. The monoisotopic (exact) mass is 305 g/mol. The SMILES string of the molecule is O=C(O)C=Cc1cc(SCc2ccccc2)cnc1Cl. The quantitative estimate of drug-likeness (QED) is 0.513. The van der Waals surface area contributed by atoms with Gasteiger partial charge < -0.3 is 5.11 Å². The Balaban J connectivity index is 2.09. The molecule has 0 unspecified atom stereocenters. The molecule has 0 atom stereocenters. The van der Waals surface area contributed by atoms with Gasteiger partial charge in [-0.15, -0.1) is 11.8 Å². The summed E-state index contributed by atoms with van der Waals surface area (Å²) in [7, 11) is 0. The number of carboxylic acids is 1. The van der Waals surface area contributed by atoms with Crippen molar-refractivity contribution in [1.29, 1.82) is 0 Å². The van der Waals surface area contributed by atoms with Gasteiger partial charge in [0.1, 0.15) is 5.15 Å². The smallest absolute Gasteiger partial charge is 0.328 e. The molecule has 0 fully saturated rings. The van der Waals surface area contributed by atoms with Crippen molar-refractivity contribution in [1.82, 2.24) is 4.98 Å². The number of aromatic nitrogens is 1. The Bertz CT molecular complexity index is 629. The van der Waals surface area contributed by atoms with Gasteiger partial charge in [0.15, 0.2) is 0 Å². The second-order valence-electron chi connectivity index (χ2n) is 4.00. The van der Waals surface area contributed by atoms with Crippen LogP contribution in [0.4, 0.5) is 0 Å². The predicted octanol–water partition coefficient (Wildman–Crippen LogP) is 4.13. The summed E-state index contributed by atoms with van der Waals surface area (Å²) in [4.78, 5) is 15.5. The molecule has 0 spiro atoms. The van der Waals surface area contributed by atoms with E-state index in [1.807, 2.05) is 24.3 Å². The predicted molar refractivity (Wildman–Crippen MR) is 81.9 cm³/mol. The number of thioether (sulfide) groups is 1. The highest BCUT2D eigenvalue weighted by atomic mass is 35.5. The van der Waals surface area contributed by atoms with Crippen LogP contribution < -0.4 is 0 Å². The molecule has 2 rings (SSSR count). The van der Waals surface area contributed by atoms with Gasteiger partial charge in [0.2, 0.25) is 0 Å². The molecule has 0 aliphatic carbocycles. The summed E-state index contributed by atoms with van der Waals surface area (Å²) in [5.41, 5.74) is 1.82. The van der Waals surface area contributed by atoms with E-state index in [4.69, 9.17) is 16.7 Å². The number of carboxylic acid groups (broad SMARTS) is 1. The molecule has 1 aromatic carbocycles. The second-order valence-corrected chi connectivity index (χ2v) is 5.40. The van der Waals surface area contributed by atoms with Crippen molar-refractivity contribution in [3.8, 4) is 0 Å². The minimum atomic E-state index is -1.01. The van der Waals surface area contributed by atoms with Gasteiger partial charge in [-0.3, -0.25) is 0 Å². The van der Waals surface area contributed by atoms with Gasteiger partial charge in [0, 0.05) is 28.5 Å². The van der Waals surface area contributed by atoms with Gasteiger partial charge in [0.25, 0.3) is 0 Å². The highest BCUT2D eigenvalue weighted by Gasteiger charge is 2.03. The Morgan fingerprint density at radius 1 is 1.35 bits per heavy atom. The Labute approximate surface area is 126 Å². The van der Waals surface area contributed by atoms with Gasteiger partial charge in [0.05, 0.1) is 0 Å². The molecule has 102 valence electrons. The Kier molecular flexibility index (Phi) is 5.21. The van der Waals surface area contributed by atoms with Crippen LogP contribution in [0.25, 0.3) is 6.08 Å². The van der Waals surface area contributed by atoms with Gasteiger partial charge in [-0.2, -0.15) is 0 Å². The lowest BCUT2D eigenvalue weighted by molar-refractivity contribution is -0.131. The summed E-state index contributed by atoms with van der Waals surface area (Å²) in [6, 6.07) is 11.9. The van der Waals surface area contributed by atoms with E-state index in [0.717, 1.165) is 16.7 Å². The minimum Gasteiger partial charge on any atom is -0.478 e. The summed E-state index contributed by atoms with van der Waals surface area (Å²) in [6.45, 7) is 0. The van der Waals surface area contributed by atoms with E-state index < -0.39 is 5.97 Å². The van der Waals surface area contributed by atoms with Crippen LogP contribution in [0, 0.1) is 0 Å². The lowest BCUT2D eigenvalue weighted by Gasteiger charge is -2.04. The molecule has 20 heavy (non-hydrogen) atoms. The van der Waals surface area contributed by atoms with E-state index in [-0.39, 0.29) is 0 Å². The zero-order valence-corrected chi connectivity index (χ0v) is 12.1. The highest BCUT2D eigenvalue weighted by Crippen LogP contribution is 2.26. The minimum absolute atomic E-state index is 0.298. The summed E-state index contributed by atoms with van der Waals surface area (Å²) in [5, 5.41) is 8.93. The van der Waals surface area contributed by atoms with Crippen molar-refractivity contribution in [2.75, 3.05) is 0 Å². The molecular formula is C15H12ClNO2S. The molecular weight excluding hydrogens is 294 g/mol. The van der Waals surface area contributed by atoms with E-state index in [1.54, 1.807) is 18.0 Å². The third-order valence-corrected chi connectivity index (χ3v) is 3.84. The first-order valence-electron chi connectivity index (χ1n) is 5.88. The van der Waals surface area contributed by atoms with Crippen LogP contribution in [0.1, 0.15) is 11.1 Å². The van der Waals surface area contributed by atoms with Crippen LogP contribution >= 0.6 is 23.4 Å². The number of pyridine rings is 1. The summed E-state index contributed by atoms with van der Waals surface area (Å²) in [6.07, 6.45) is 4.19. The van der Waals surface area contributed by atoms with Gasteiger partial charge in [-0.05, 0) is 17.7 Å². The number of nitrogens with zero attached hydrogens (tertiary/aromatic N) is 1. The van der Waals surface area contributed by atoms with Crippen molar-refractivity contribution >= 4 is 35.4 Å². The fourth-order valence-electron chi connectivity index (χ4n) is 1.54. The van der Waals surface area contributed by atoms with E-state index >= 15 is 0 Å². The maximum absolute atomic E-state index is 10.5. The molecule has 0 saturated heterocycles. The summed E-state index contributed by atoms with van der Waals surface area (Å²) >= 11 is 7.56. The third-order valence-electron chi connectivity index (χ3n) is 2.49. The summed E-state index contributed by atoms with van der Waals surface area (Å²) < 4.78 is 0. The number of hydrogen-bond acceptors (Lipinski definition) is 3. The van der Waals surface area contributed by atoms with Crippen molar-refractivity contribution in [3.63, 3.8) is 0 Å². The number of aliphatic carboxylic acids is 1. The van der Waals surface area contributed by atoms with Gasteiger partial charge in [-0.1, -0.05) is 41.9 Å². The number of hydrogen-bond donors (Lipinski definition) is 1. The van der Waals surface area contributed by atoms with Crippen LogP contribution in [0.2, 0.25) is 5.15 Å². The number of benzene rings is 1. The van der Waals surface area contributed by atoms with Crippen LogP contribution in [0.5, 0.6) is 0 Å². The number of carbonyl (C=O) groups is 1. The lowest BCUT2D eigenvalue weighted by Crippen LogP contribution is -1.88. The third kappa shape index (κ3) is 4.40. The second kappa shape index (κ2) is 7.12. The fourth-order valence-corrected chi connectivity index (χ4v) is 2.57. The van der Waals surface area contributed by atoms with Crippen molar-refractivity contribution < 1.29 is 9.90 Å². The largest absolute Gasteiger partial charge is 0.478 e. The Morgan fingerprint density at radius 2 is 2.10 bits per heavy atom. The molecule has 1 aromatic heterocycles. The maximum Gasteiger partial charge on any atom is 0.328 e. The van der Waals surface area contributed by atoms with E-state index in [0.29, 0.717) is 10.7 Å². The molecule has 5 heteroatoms.